The standard InChI is InChI=1S/C20H20FN5O2S/c21-15-6-2-4-8-17(15)24-9-11-25(12-10-24)18(27)13-29-20-23-16-7-3-1-5-14(16)19(28)26(20)22/h1-8H,9-13,22H2. The lowest BCUT2D eigenvalue weighted by Crippen LogP contribution is -2.49. The number of aromatic nitrogens is 2. The highest BCUT2D eigenvalue weighted by atomic mass is 32.2. The molecule has 0 unspecified atom stereocenters. The molecule has 1 aliphatic rings. The van der Waals surface area contributed by atoms with Crippen LogP contribution in [0.15, 0.2) is 58.5 Å². The van der Waals surface area contributed by atoms with Crippen LogP contribution >= 0.6 is 11.8 Å². The average Bonchev–Trinajstić information content (AvgIpc) is 2.75. The van der Waals surface area contributed by atoms with Gasteiger partial charge in [0.15, 0.2) is 5.16 Å². The number of hydrogen-bond donors (Lipinski definition) is 1. The summed E-state index contributed by atoms with van der Waals surface area (Å²) in [5, 5.41) is 0.738. The zero-order valence-corrected chi connectivity index (χ0v) is 16.4. The molecule has 4 rings (SSSR count). The van der Waals surface area contributed by atoms with Gasteiger partial charge in [-0.1, -0.05) is 36.0 Å². The van der Waals surface area contributed by atoms with Gasteiger partial charge in [0.2, 0.25) is 5.91 Å². The maximum atomic E-state index is 13.9. The minimum absolute atomic E-state index is 0.0643. The molecule has 0 aliphatic carbocycles. The number of piperazine rings is 1. The maximum absolute atomic E-state index is 13.9. The van der Waals surface area contributed by atoms with E-state index in [4.69, 9.17) is 5.84 Å². The van der Waals surface area contributed by atoms with Gasteiger partial charge in [0, 0.05) is 26.2 Å². The number of halogens is 1. The highest BCUT2D eigenvalue weighted by molar-refractivity contribution is 7.99. The van der Waals surface area contributed by atoms with Gasteiger partial charge in [0.05, 0.1) is 22.3 Å². The second-order valence-electron chi connectivity index (χ2n) is 6.69. The molecule has 150 valence electrons. The molecule has 9 heteroatoms. The molecule has 1 aromatic heterocycles. The summed E-state index contributed by atoms with van der Waals surface area (Å²) in [6, 6.07) is 13.6. The number of carbonyl (C=O) groups is 1. The monoisotopic (exact) mass is 413 g/mol. The van der Waals surface area contributed by atoms with Crippen LogP contribution in [-0.4, -0.2) is 52.4 Å². The number of nitrogens with zero attached hydrogens (tertiary/aromatic N) is 4. The smallest absolute Gasteiger partial charge is 0.280 e. The fraction of sp³-hybridized carbons (Fsp3) is 0.250. The Labute approximate surface area is 170 Å². The van der Waals surface area contributed by atoms with Crippen molar-refractivity contribution in [3.8, 4) is 0 Å². The Balaban J connectivity index is 1.39. The molecule has 0 spiro atoms. The first kappa shape index (κ1) is 19.3. The van der Waals surface area contributed by atoms with E-state index in [1.165, 1.54) is 6.07 Å². The first-order valence-corrected chi connectivity index (χ1v) is 10.2. The Morgan fingerprint density at radius 1 is 1.07 bits per heavy atom. The Bertz CT molecular complexity index is 1110. The van der Waals surface area contributed by atoms with E-state index in [1.807, 2.05) is 4.90 Å². The summed E-state index contributed by atoms with van der Waals surface area (Å²) in [5.74, 6) is 5.67. The number of amides is 1. The summed E-state index contributed by atoms with van der Waals surface area (Å²) >= 11 is 1.14. The Morgan fingerprint density at radius 3 is 2.52 bits per heavy atom. The normalized spacial score (nSPS) is 14.4. The number of carbonyl (C=O) groups excluding carboxylic acids is 1. The summed E-state index contributed by atoms with van der Waals surface area (Å²) in [5.41, 5.74) is 0.762. The highest BCUT2D eigenvalue weighted by Gasteiger charge is 2.23. The number of fused-ring (bicyclic) bond motifs is 1. The molecule has 1 fully saturated rings. The topological polar surface area (TPSA) is 84.5 Å². The number of benzene rings is 2. The zero-order valence-electron chi connectivity index (χ0n) is 15.6. The fourth-order valence-corrected chi connectivity index (χ4v) is 4.17. The van der Waals surface area contributed by atoms with E-state index in [1.54, 1.807) is 47.4 Å². The largest absolute Gasteiger partial charge is 0.366 e. The molecule has 0 saturated carbocycles. The number of rotatable bonds is 4. The minimum atomic E-state index is -0.343. The van der Waals surface area contributed by atoms with Crippen LogP contribution in [0.1, 0.15) is 0 Å². The summed E-state index contributed by atoms with van der Waals surface area (Å²) in [7, 11) is 0. The van der Waals surface area contributed by atoms with Crippen LogP contribution in [-0.2, 0) is 4.79 Å². The van der Waals surface area contributed by atoms with Gasteiger partial charge in [-0.15, -0.1) is 0 Å². The van der Waals surface area contributed by atoms with Crippen molar-refractivity contribution in [1.29, 1.82) is 0 Å². The van der Waals surface area contributed by atoms with Crippen molar-refractivity contribution < 1.29 is 9.18 Å². The molecule has 0 bridgehead atoms. The average molecular weight is 413 g/mol. The van der Waals surface area contributed by atoms with Gasteiger partial charge in [0.25, 0.3) is 5.56 Å². The van der Waals surface area contributed by atoms with Crippen molar-refractivity contribution in [1.82, 2.24) is 14.6 Å². The summed E-state index contributed by atoms with van der Waals surface area (Å²) in [4.78, 5) is 33.0. The Kier molecular flexibility index (Phi) is 5.39. The number of para-hydroxylation sites is 2. The van der Waals surface area contributed by atoms with E-state index in [9.17, 15) is 14.0 Å². The van der Waals surface area contributed by atoms with Crippen LogP contribution in [0.3, 0.4) is 0 Å². The molecule has 0 radical (unpaired) electrons. The van der Waals surface area contributed by atoms with Crippen LogP contribution in [0, 0.1) is 5.82 Å². The molecular formula is C20H20FN5O2S. The third-order valence-corrected chi connectivity index (χ3v) is 5.86. The van der Waals surface area contributed by atoms with Crippen molar-refractivity contribution in [2.24, 2.45) is 0 Å². The van der Waals surface area contributed by atoms with E-state index >= 15 is 0 Å². The van der Waals surface area contributed by atoms with Crippen LogP contribution in [0.25, 0.3) is 10.9 Å². The minimum Gasteiger partial charge on any atom is -0.366 e. The first-order valence-electron chi connectivity index (χ1n) is 9.21. The number of nitrogen functional groups attached to an aromatic ring is 1. The van der Waals surface area contributed by atoms with Gasteiger partial charge in [-0.25, -0.2) is 14.1 Å². The molecule has 29 heavy (non-hydrogen) atoms. The Morgan fingerprint density at radius 2 is 1.76 bits per heavy atom. The van der Waals surface area contributed by atoms with E-state index in [-0.39, 0.29) is 23.0 Å². The molecule has 0 atom stereocenters. The van der Waals surface area contributed by atoms with Gasteiger partial charge < -0.3 is 15.6 Å². The van der Waals surface area contributed by atoms with Gasteiger partial charge in [-0.05, 0) is 24.3 Å². The summed E-state index contributed by atoms with van der Waals surface area (Å²) in [6.07, 6.45) is 0. The van der Waals surface area contributed by atoms with E-state index < -0.39 is 0 Å². The van der Waals surface area contributed by atoms with Gasteiger partial charge >= 0.3 is 0 Å². The van der Waals surface area contributed by atoms with Gasteiger partial charge in [0.1, 0.15) is 5.82 Å². The lowest BCUT2D eigenvalue weighted by atomic mass is 10.2. The SMILES string of the molecule is Nn1c(SCC(=O)N2CCN(c3ccccc3F)CC2)nc2ccccc2c1=O. The maximum Gasteiger partial charge on any atom is 0.280 e. The van der Waals surface area contributed by atoms with E-state index in [0.717, 1.165) is 16.4 Å². The molecule has 1 aliphatic heterocycles. The molecule has 1 amide bonds. The lowest BCUT2D eigenvalue weighted by molar-refractivity contribution is -0.128. The fourth-order valence-electron chi connectivity index (χ4n) is 3.35. The molecule has 2 heterocycles. The second kappa shape index (κ2) is 8.12. The van der Waals surface area contributed by atoms with Gasteiger partial charge in [-0.2, -0.15) is 0 Å². The highest BCUT2D eigenvalue weighted by Crippen LogP contribution is 2.21. The molecular weight excluding hydrogens is 393 g/mol. The zero-order chi connectivity index (χ0) is 20.4. The lowest BCUT2D eigenvalue weighted by Gasteiger charge is -2.36. The predicted molar refractivity (Wildman–Crippen MR) is 112 cm³/mol. The molecule has 3 aromatic rings. The number of hydrogen-bond acceptors (Lipinski definition) is 6. The quantitative estimate of drug-likeness (QED) is 0.398. The third kappa shape index (κ3) is 3.91. The number of anilines is 1. The van der Waals surface area contributed by atoms with Gasteiger partial charge in [-0.3, -0.25) is 9.59 Å². The number of nitrogens with two attached hydrogens (primary N) is 1. The summed E-state index contributed by atoms with van der Waals surface area (Å²) in [6.45, 7) is 2.14. The van der Waals surface area contributed by atoms with E-state index in [0.29, 0.717) is 47.9 Å². The van der Waals surface area contributed by atoms with Crippen LogP contribution in [0.2, 0.25) is 0 Å². The molecule has 2 aromatic carbocycles. The predicted octanol–water partition coefficient (Wildman–Crippen LogP) is 1.69. The van der Waals surface area contributed by atoms with Crippen LogP contribution in [0.4, 0.5) is 10.1 Å². The van der Waals surface area contributed by atoms with Crippen molar-refractivity contribution >= 4 is 34.3 Å². The van der Waals surface area contributed by atoms with Crippen LogP contribution in [0.5, 0.6) is 0 Å². The van der Waals surface area contributed by atoms with E-state index in [2.05, 4.69) is 4.98 Å². The molecule has 1 saturated heterocycles. The third-order valence-electron chi connectivity index (χ3n) is 4.93. The molecule has 2 N–H and O–H groups in total. The van der Waals surface area contributed by atoms with Crippen LogP contribution < -0.4 is 16.3 Å². The molecule has 7 nitrogen and oxygen atoms in total. The summed E-state index contributed by atoms with van der Waals surface area (Å²) < 4.78 is 14.9. The first-order chi connectivity index (χ1) is 14.0. The number of thioether (sulfide) groups is 1. The van der Waals surface area contributed by atoms with Crippen molar-refractivity contribution in [2.45, 2.75) is 5.16 Å². The van der Waals surface area contributed by atoms with Crippen molar-refractivity contribution in [2.75, 3.05) is 42.7 Å². The van der Waals surface area contributed by atoms with Crippen molar-refractivity contribution in [3.05, 3.63) is 64.7 Å². The second-order valence-corrected chi connectivity index (χ2v) is 7.64. The Hall–Kier alpha value is -3.07. The van der Waals surface area contributed by atoms with Crippen molar-refractivity contribution in [3.63, 3.8) is 0 Å².